The van der Waals surface area contributed by atoms with Crippen molar-refractivity contribution in [2.24, 2.45) is 0 Å². The smallest absolute Gasteiger partial charge is 0.143 e. The van der Waals surface area contributed by atoms with Gasteiger partial charge in [0.15, 0.2) is 0 Å². The Hall–Kier alpha value is -7.88. The molecule has 0 saturated heterocycles. The Bertz CT molecular complexity index is 3840. The lowest BCUT2D eigenvalue weighted by Gasteiger charge is -2.13. The van der Waals surface area contributed by atoms with Gasteiger partial charge >= 0.3 is 0 Å². The SMILES string of the molecule is c1ccc(-n2c3ccccc3c3cc(-c4ccc5c(c4)c4ccccc4n5-c4cc(-c5ccc6ccc7ccccc7c6c5)c5oc6ccccc6c5c4)ccc32)cc1. The summed E-state index contributed by atoms with van der Waals surface area (Å²) < 4.78 is 11.5. The average Bonchev–Trinajstić information content (AvgIpc) is 3.96. The first-order valence-corrected chi connectivity index (χ1v) is 20.2. The second-order valence-electron chi connectivity index (χ2n) is 15.7. The van der Waals surface area contributed by atoms with Gasteiger partial charge in [-0.25, -0.2) is 0 Å². The highest BCUT2D eigenvalue weighted by molar-refractivity contribution is 6.16. The van der Waals surface area contributed by atoms with Gasteiger partial charge in [-0.2, -0.15) is 0 Å². The molecule has 0 atom stereocenters. The summed E-state index contributed by atoms with van der Waals surface area (Å²) in [4.78, 5) is 0. The zero-order chi connectivity index (χ0) is 38.6. The van der Waals surface area contributed by atoms with Crippen LogP contribution in [0.15, 0.2) is 211 Å². The van der Waals surface area contributed by atoms with Crippen LogP contribution >= 0.6 is 0 Å². The fraction of sp³-hybridized carbons (Fsp3) is 0. The lowest BCUT2D eigenvalue weighted by molar-refractivity contribution is 0.670. The van der Waals surface area contributed by atoms with E-state index in [9.17, 15) is 0 Å². The number of rotatable bonds is 4. The molecule has 3 heteroatoms. The van der Waals surface area contributed by atoms with Crippen LogP contribution in [0.1, 0.15) is 0 Å². The van der Waals surface area contributed by atoms with Gasteiger partial charge in [0.1, 0.15) is 11.2 Å². The molecule has 0 saturated carbocycles. The zero-order valence-electron chi connectivity index (χ0n) is 31.9. The molecule has 0 N–H and O–H groups in total. The molecule has 0 aliphatic heterocycles. The van der Waals surface area contributed by atoms with Gasteiger partial charge in [-0.15, -0.1) is 0 Å². The molecule has 3 heterocycles. The minimum Gasteiger partial charge on any atom is -0.455 e. The fourth-order valence-corrected chi connectivity index (χ4v) is 9.76. The Morgan fingerprint density at radius 2 is 0.797 bits per heavy atom. The summed E-state index contributed by atoms with van der Waals surface area (Å²) in [5.41, 5.74) is 13.4. The summed E-state index contributed by atoms with van der Waals surface area (Å²) >= 11 is 0. The normalized spacial score (nSPS) is 12.1. The molecule has 13 aromatic rings. The van der Waals surface area contributed by atoms with E-state index in [0.717, 1.165) is 38.8 Å². The van der Waals surface area contributed by atoms with Gasteiger partial charge in [0.2, 0.25) is 0 Å². The number of fused-ring (bicyclic) bond motifs is 12. The molecule has 3 aromatic heterocycles. The molecule has 0 radical (unpaired) electrons. The average molecular weight is 751 g/mol. The fourth-order valence-electron chi connectivity index (χ4n) is 9.76. The van der Waals surface area contributed by atoms with Crippen LogP contribution in [0, 0.1) is 0 Å². The molecule has 0 bridgehead atoms. The van der Waals surface area contributed by atoms with Crippen LogP contribution in [0.2, 0.25) is 0 Å². The van der Waals surface area contributed by atoms with Crippen molar-refractivity contribution in [3.8, 4) is 33.6 Å². The van der Waals surface area contributed by atoms with E-state index in [1.165, 1.54) is 82.0 Å². The third-order valence-corrected chi connectivity index (χ3v) is 12.5. The molecule has 0 aliphatic rings. The number of para-hydroxylation sites is 4. The summed E-state index contributed by atoms with van der Waals surface area (Å²) in [6.07, 6.45) is 0. The predicted molar refractivity (Wildman–Crippen MR) is 248 cm³/mol. The molecule has 0 spiro atoms. The maximum Gasteiger partial charge on any atom is 0.143 e. The molecule has 3 nitrogen and oxygen atoms in total. The number of nitrogens with zero attached hydrogens (tertiary/aromatic N) is 2. The third-order valence-electron chi connectivity index (χ3n) is 12.5. The molecular weight excluding hydrogens is 717 g/mol. The number of aromatic nitrogens is 2. The third kappa shape index (κ3) is 4.76. The van der Waals surface area contributed by atoms with E-state index >= 15 is 0 Å². The zero-order valence-corrected chi connectivity index (χ0v) is 31.9. The summed E-state index contributed by atoms with van der Waals surface area (Å²) in [7, 11) is 0. The second-order valence-corrected chi connectivity index (χ2v) is 15.7. The van der Waals surface area contributed by atoms with Crippen molar-refractivity contribution in [2.75, 3.05) is 0 Å². The maximum absolute atomic E-state index is 6.72. The van der Waals surface area contributed by atoms with Gasteiger partial charge < -0.3 is 13.6 Å². The van der Waals surface area contributed by atoms with Crippen molar-refractivity contribution in [3.63, 3.8) is 0 Å². The van der Waals surface area contributed by atoms with Crippen LogP contribution in [0.25, 0.3) is 121 Å². The van der Waals surface area contributed by atoms with E-state index in [1.54, 1.807) is 0 Å². The van der Waals surface area contributed by atoms with Crippen LogP contribution < -0.4 is 0 Å². The van der Waals surface area contributed by atoms with Crippen LogP contribution in [0.3, 0.4) is 0 Å². The summed E-state index contributed by atoms with van der Waals surface area (Å²) in [6, 6.07) is 75.1. The highest BCUT2D eigenvalue weighted by atomic mass is 16.3. The van der Waals surface area contributed by atoms with Crippen molar-refractivity contribution < 1.29 is 4.42 Å². The van der Waals surface area contributed by atoms with E-state index in [4.69, 9.17) is 4.42 Å². The first-order valence-electron chi connectivity index (χ1n) is 20.2. The molecule has 59 heavy (non-hydrogen) atoms. The van der Waals surface area contributed by atoms with E-state index in [2.05, 4.69) is 215 Å². The van der Waals surface area contributed by atoms with E-state index in [0.29, 0.717) is 0 Å². The number of hydrogen-bond acceptors (Lipinski definition) is 1. The van der Waals surface area contributed by atoms with Gasteiger partial charge in [0.05, 0.1) is 22.1 Å². The van der Waals surface area contributed by atoms with Gasteiger partial charge in [0.25, 0.3) is 0 Å². The quantitative estimate of drug-likeness (QED) is 0.164. The van der Waals surface area contributed by atoms with E-state index in [1.807, 2.05) is 0 Å². The lowest BCUT2D eigenvalue weighted by atomic mass is 9.95. The van der Waals surface area contributed by atoms with Crippen molar-refractivity contribution >= 4 is 87.1 Å². The minimum atomic E-state index is 0.892. The van der Waals surface area contributed by atoms with Crippen molar-refractivity contribution in [2.45, 2.75) is 0 Å². The molecule has 0 fully saturated rings. The monoisotopic (exact) mass is 750 g/mol. The van der Waals surface area contributed by atoms with E-state index < -0.39 is 0 Å². The summed E-state index contributed by atoms with van der Waals surface area (Å²) in [6.45, 7) is 0. The topological polar surface area (TPSA) is 23.0 Å². The standard InChI is InChI=1S/C56H34N2O/c1-2-13-40(14-3-1)57-51-19-9-6-16-43(51)48-30-37(26-28-53(48)57)38-27-29-54-49(31-38)44-17-7-10-20-52(44)58(54)41-33-47(56-50(34-41)45-18-8-11-21-55(45)59-56)39-25-24-36-23-22-35-12-4-5-15-42(35)46(36)32-39/h1-34H. The van der Waals surface area contributed by atoms with Crippen LogP contribution in [0.5, 0.6) is 0 Å². The van der Waals surface area contributed by atoms with Crippen LogP contribution in [0.4, 0.5) is 0 Å². The molecule has 13 rings (SSSR count). The lowest BCUT2D eigenvalue weighted by Crippen LogP contribution is -1.95. The molecule has 0 amide bonds. The number of furan rings is 1. The molecule has 10 aromatic carbocycles. The molecule has 274 valence electrons. The van der Waals surface area contributed by atoms with Crippen molar-refractivity contribution in [1.82, 2.24) is 9.13 Å². The first-order chi connectivity index (χ1) is 29.2. The Balaban J connectivity index is 1.03. The summed E-state index contributed by atoms with van der Waals surface area (Å²) in [5, 5.41) is 12.1. The minimum absolute atomic E-state index is 0.892. The molecule has 0 aliphatic carbocycles. The Kier molecular flexibility index (Phi) is 6.72. The number of benzene rings is 10. The maximum atomic E-state index is 6.72. The van der Waals surface area contributed by atoms with Gasteiger partial charge in [-0.3, -0.25) is 0 Å². The highest BCUT2D eigenvalue weighted by Crippen LogP contribution is 2.43. The van der Waals surface area contributed by atoms with Crippen LogP contribution in [-0.2, 0) is 0 Å². The first kappa shape index (κ1) is 32.2. The highest BCUT2D eigenvalue weighted by Gasteiger charge is 2.20. The van der Waals surface area contributed by atoms with E-state index in [-0.39, 0.29) is 0 Å². The van der Waals surface area contributed by atoms with Crippen molar-refractivity contribution in [3.05, 3.63) is 206 Å². The molecule has 0 unspecified atom stereocenters. The number of hydrogen-bond donors (Lipinski definition) is 0. The Morgan fingerprint density at radius 3 is 1.51 bits per heavy atom. The largest absolute Gasteiger partial charge is 0.455 e. The van der Waals surface area contributed by atoms with Crippen molar-refractivity contribution in [1.29, 1.82) is 0 Å². The van der Waals surface area contributed by atoms with Gasteiger partial charge in [-0.1, -0.05) is 133 Å². The van der Waals surface area contributed by atoms with Crippen LogP contribution in [-0.4, -0.2) is 9.13 Å². The second kappa shape index (κ2) is 12.3. The molecular formula is C56H34N2O. The Morgan fingerprint density at radius 1 is 0.288 bits per heavy atom. The van der Waals surface area contributed by atoms with Gasteiger partial charge in [-0.05, 0) is 111 Å². The summed E-state index contributed by atoms with van der Waals surface area (Å²) in [5.74, 6) is 0. The predicted octanol–water partition coefficient (Wildman–Crippen LogP) is 15.4. The van der Waals surface area contributed by atoms with Gasteiger partial charge in [0, 0.05) is 49.3 Å². The Labute approximate surface area is 339 Å².